The number of fused-ring (bicyclic) bond motifs is 2. The molecule has 4 N–H and O–H groups in total. The van der Waals surface area contributed by atoms with Gasteiger partial charge in [-0.3, -0.25) is 9.80 Å². The summed E-state index contributed by atoms with van der Waals surface area (Å²) >= 11 is 0. The first-order valence-corrected chi connectivity index (χ1v) is 23.7. The van der Waals surface area contributed by atoms with Gasteiger partial charge in [-0.1, -0.05) is 75.2 Å². The van der Waals surface area contributed by atoms with E-state index in [9.17, 15) is 4.79 Å². The molecule has 0 amide bonds. The predicted molar refractivity (Wildman–Crippen MR) is 254 cm³/mol. The number of aromatic nitrogens is 8. The Morgan fingerprint density at radius 1 is 0.576 bits per heavy atom. The van der Waals surface area contributed by atoms with E-state index < -0.39 is 17.4 Å². The number of nitrogens with zero attached hydrogens (tertiary/aromatic N) is 10. The lowest BCUT2D eigenvalue weighted by Gasteiger charge is -2.29. The lowest BCUT2D eigenvalue weighted by molar-refractivity contribution is -0.0701. The molecule has 2 fully saturated rings. The number of benzene rings is 2. The van der Waals surface area contributed by atoms with Gasteiger partial charge < -0.3 is 39.5 Å². The summed E-state index contributed by atoms with van der Waals surface area (Å²) in [6, 6.07) is 17.3. The Morgan fingerprint density at radius 2 is 0.955 bits per heavy atom. The van der Waals surface area contributed by atoms with Crippen LogP contribution in [-0.2, 0) is 46.9 Å². The molecule has 2 aromatic carbocycles. The molecule has 6 aromatic rings. The molecule has 66 heavy (non-hydrogen) atoms. The molecule has 0 aliphatic carbocycles. The third-order valence-corrected chi connectivity index (χ3v) is 12.3. The fraction of sp³-hybridized carbons (Fsp3) is 0.531. The molecule has 17 nitrogen and oxygen atoms in total. The van der Waals surface area contributed by atoms with Crippen LogP contribution in [-0.4, -0.2) is 94.4 Å². The van der Waals surface area contributed by atoms with E-state index in [1.54, 1.807) is 27.7 Å². The Hall–Kier alpha value is -6.07. The SMILES string of the molecule is CCCCOc1nc(N)c2nc(C(C)(C)OC(=O)OC(C)(C)c3nc4c(N)nc(OCCCC)nc4n3Cc3cccc(CN4CCCC4)c3)n(Cc3cccc(CN4CCCC4)c3)c2n1. The standard InChI is InChI=1S/C49H66N12O5/c1-7-9-25-63-45-54-39(50)37-41(56-45)60(31-35-19-15-17-33(27-35)29-58-21-11-12-22-58)43(52-37)48(3,4)65-47(62)66-49(5,6)44-53-38-40(51)55-46(64-26-10-8-2)57-42(38)61(44)32-36-20-16-18-34(28-36)30-59-23-13-14-24-59/h15-20,27-28H,7-14,21-26,29-32H2,1-6H3,(H2,50,54,56)(H2,51,55,57). The van der Waals surface area contributed by atoms with Crippen LogP contribution in [0.15, 0.2) is 48.5 Å². The van der Waals surface area contributed by atoms with Crippen molar-refractivity contribution < 1.29 is 23.7 Å². The Balaban J connectivity index is 1.11. The molecule has 6 heterocycles. The zero-order valence-corrected chi connectivity index (χ0v) is 39.5. The third kappa shape index (κ3) is 10.8. The smallest absolute Gasteiger partial charge is 0.463 e. The fourth-order valence-electron chi connectivity index (χ4n) is 8.91. The number of anilines is 2. The second kappa shape index (κ2) is 20.2. The molecule has 2 aliphatic rings. The van der Waals surface area contributed by atoms with E-state index in [-0.39, 0.29) is 23.7 Å². The highest BCUT2D eigenvalue weighted by Crippen LogP contribution is 2.35. The normalized spacial score (nSPS) is 15.0. The van der Waals surface area contributed by atoms with Gasteiger partial charge in [0.25, 0.3) is 0 Å². The summed E-state index contributed by atoms with van der Waals surface area (Å²) < 4.78 is 28.3. The summed E-state index contributed by atoms with van der Waals surface area (Å²) in [5, 5.41) is 0. The molecule has 0 unspecified atom stereocenters. The van der Waals surface area contributed by atoms with E-state index >= 15 is 0 Å². The highest BCUT2D eigenvalue weighted by Gasteiger charge is 2.39. The van der Waals surface area contributed by atoms with Gasteiger partial charge in [0, 0.05) is 13.1 Å². The molecule has 0 spiro atoms. The summed E-state index contributed by atoms with van der Waals surface area (Å²) in [7, 11) is 0. The average Bonchev–Trinajstić information content (AvgIpc) is 4.10. The number of likely N-dealkylation sites (tertiary alicyclic amines) is 2. The molecule has 0 bridgehead atoms. The number of rotatable bonds is 20. The van der Waals surface area contributed by atoms with Crippen LogP contribution < -0.4 is 20.9 Å². The number of hydrogen-bond donors (Lipinski definition) is 2. The van der Waals surface area contributed by atoms with Crippen molar-refractivity contribution in [3.63, 3.8) is 0 Å². The van der Waals surface area contributed by atoms with Crippen molar-refractivity contribution in [3.8, 4) is 12.0 Å². The highest BCUT2D eigenvalue weighted by atomic mass is 16.7. The second-order valence-corrected chi connectivity index (χ2v) is 18.7. The Labute approximate surface area is 387 Å². The number of ether oxygens (including phenoxy) is 4. The van der Waals surface area contributed by atoms with Gasteiger partial charge in [-0.05, 0) is 115 Å². The lowest BCUT2D eigenvalue weighted by atomic mass is 10.1. The minimum absolute atomic E-state index is 0.162. The van der Waals surface area contributed by atoms with Gasteiger partial charge in [-0.15, -0.1) is 0 Å². The van der Waals surface area contributed by atoms with Crippen LogP contribution in [0.4, 0.5) is 16.4 Å². The number of unbranched alkanes of at least 4 members (excludes halogenated alkanes) is 2. The summed E-state index contributed by atoms with van der Waals surface area (Å²) in [5.74, 6) is 1.14. The maximum atomic E-state index is 14.3. The van der Waals surface area contributed by atoms with Gasteiger partial charge in [0.15, 0.2) is 56.8 Å². The molecular formula is C49H66N12O5. The zero-order chi connectivity index (χ0) is 46.4. The summed E-state index contributed by atoms with van der Waals surface area (Å²) in [5.41, 5.74) is 16.6. The average molecular weight is 903 g/mol. The predicted octanol–water partition coefficient (Wildman–Crippen LogP) is 8.10. The van der Waals surface area contributed by atoms with E-state index in [1.807, 2.05) is 9.13 Å². The van der Waals surface area contributed by atoms with Crippen LogP contribution in [0.25, 0.3) is 22.3 Å². The molecule has 2 aliphatic heterocycles. The lowest BCUT2D eigenvalue weighted by Crippen LogP contribution is -2.35. The van der Waals surface area contributed by atoms with E-state index in [1.165, 1.54) is 36.8 Å². The van der Waals surface area contributed by atoms with Gasteiger partial charge in [-0.2, -0.15) is 19.9 Å². The topological polar surface area (TPSA) is 200 Å². The van der Waals surface area contributed by atoms with E-state index in [4.69, 9.17) is 50.4 Å². The van der Waals surface area contributed by atoms with Crippen molar-refractivity contribution in [2.45, 2.75) is 130 Å². The van der Waals surface area contributed by atoms with Gasteiger partial charge in [0.1, 0.15) is 0 Å². The number of imidazole rings is 2. The molecule has 4 aromatic heterocycles. The summed E-state index contributed by atoms with van der Waals surface area (Å²) in [6.07, 6.45) is 7.52. The molecule has 0 atom stereocenters. The largest absolute Gasteiger partial charge is 0.510 e. The van der Waals surface area contributed by atoms with Crippen molar-refractivity contribution in [1.82, 2.24) is 48.8 Å². The van der Waals surface area contributed by atoms with Crippen molar-refractivity contribution in [2.75, 3.05) is 50.9 Å². The number of nitrogen functional groups attached to an aromatic ring is 2. The van der Waals surface area contributed by atoms with Gasteiger partial charge >= 0.3 is 18.2 Å². The summed E-state index contributed by atoms with van der Waals surface area (Å²) in [4.78, 5) is 47.6. The van der Waals surface area contributed by atoms with Crippen LogP contribution in [0.5, 0.6) is 12.0 Å². The molecular weight excluding hydrogens is 837 g/mol. The van der Waals surface area contributed by atoms with E-state index in [2.05, 4.69) is 82.1 Å². The van der Waals surface area contributed by atoms with Crippen molar-refractivity contribution in [2.24, 2.45) is 0 Å². The molecule has 17 heteroatoms. The Bertz CT molecular complexity index is 2450. The minimum atomic E-state index is -1.35. The van der Waals surface area contributed by atoms with Crippen LogP contribution in [0, 0.1) is 0 Å². The van der Waals surface area contributed by atoms with Gasteiger partial charge in [-0.25, -0.2) is 14.8 Å². The third-order valence-electron chi connectivity index (χ3n) is 12.3. The quantitative estimate of drug-likeness (QED) is 0.0550. The number of carbonyl (C=O) groups is 1. The number of nitrogens with two attached hydrogens (primary N) is 2. The molecule has 0 radical (unpaired) electrons. The molecule has 352 valence electrons. The first kappa shape index (κ1) is 46.5. The summed E-state index contributed by atoms with van der Waals surface area (Å²) in [6.45, 7) is 19.0. The van der Waals surface area contributed by atoms with Crippen LogP contribution in [0.3, 0.4) is 0 Å². The zero-order valence-electron chi connectivity index (χ0n) is 39.5. The van der Waals surface area contributed by atoms with E-state index in [0.29, 0.717) is 60.3 Å². The van der Waals surface area contributed by atoms with Crippen molar-refractivity contribution >= 4 is 40.1 Å². The Kier molecular flexibility index (Phi) is 14.2. The molecule has 0 saturated carbocycles. The van der Waals surface area contributed by atoms with Crippen LogP contribution >= 0.6 is 0 Å². The van der Waals surface area contributed by atoms with Crippen LogP contribution in [0.1, 0.15) is 127 Å². The maximum Gasteiger partial charge on any atom is 0.510 e. The maximum absolute atomic E-state index is 14.3. The van der Waals surface area contributed by atoms with Gasteiger partial charge in [0.2, 0.25) is 0 Å². The Morgan fingerprint density at radius 3 is 1.33 bits per heavy atom. The van der Waals surface area contributed by atoms with Crippen LogP contribution in [0.2, 0.25) is 0 Å². The first-order chi connectivity index (χ1) is 31.8. The second-order valence-electron chi connectivity index (χ2n) is 18.7. The van der Waals surface area contributed by atoms with Gasteiger partial charge in [0.05, 0.1) is 26.3 Å². The first-order valence-electron chi connectivity index (χ1n) is 23.7. The molecule has 2 saturated heterocycles. The fourth-order valence-corrected chi connectivity index (χ4v) is 8.91. The van der Waals surface area contributed by atoms with Crippen molar-refractivity contribution in [3.05, 3.63) is 82.4 Å². The van der Waals surface area contributed by atoms with Crippen molar-refractivity contribution in [1.29, 1.82) is 0 Å². The highest BCUT2D eigenvalue weighted by molar-refractivity contribution is 5.84. The molecule has 8 rings (SSSR count). The number of hydrogen-bond acceptors (Lipinski definition) is 15. The number of carbonyl (C=O) groups excluding carboxylic acids is 1. The minimum Gasteiger partial charge on any atom is -0.463 e. The van der Waals surface area contributed by atoms with E-state index in [0.717, 1.165) is 76.1 Å². The monoisotopic (exact) mass is 903 g/mol.